The first kappa shape index (κ1) is 68.4. The molecule has 3 atom stereocenters. The summed E-state index contributed by atoms with van der Waals surface area (Å²) in [6.45, 7) is 4.36. The van der Waals surface area contributed by atoms with Gasteiger partial charge >= 0.3 is 25.7 Å². The number of aliphatic hydroxyl groups excluding tert-OH is 1. The Kier molecular flexibility index (Phi) is 51.0. The maximum absolute atomic E-state index is 12.9. The van der Waals surface area contributed by atoms with Crippen molar-refractivity contribution >= 4 is 25.7 Å². The summed E-state index contributed by atoms with van der Waals surface area (Å²) in [5.41, 5.74) is 0. The van der Waals surface area contributed by atoms with E-state index in [0.717, 1.165) is 122 Å². The number of ether oxygens (including phenoxy) is 3. The summed E-state index contributed by atoms with van der Waals surface area (Å²) < 4.78 is 39.4. The molecular formula is C60H101O11P. The summed E-state index contributed by atoms with van der Waals surface area (Å²) >= 11 is 0. The van der Waals surface area contributed by atoms with Crippen LogP contribution in [0.5, 0.6) is 0 Å². The van der Waals surface area contributed by atoms with E-state index >= 15 is 0 Å². The van der Waals surface area contributed by atoms with Crippen molar-refractivity contribution < 1.29 is 52.2 Å². The van der Waals surface area contributed by atoms with E-state index in [1.165, 1.54) is 38.5 Å². The highest BCUT2D eigenvalue weighted by Gasteiger charge is 2.28. The van der Waals surface area contributed by atoms with Crippen LogP contribution in [0.15, 0.2) is 97.2 Å². The van der Waals surface area contributed by atoms with Gasteiger partial charge in [-0.15, -0.1) is 0 Å². The van der Waals surface area contributed by atoms with E-state index in [2.05, 4.69) is 106 Å². The average molecular weight is 1030 g/mol. The topological polar surface area (TPSA) is 155 Å². The molecule has 0 saturated heterocycles. The van der Waals surface area contributed by atoms with Crippen LogP contribution in [0.3, 0.4) is 0 Å². The lowest BCUT2D eigenvalue weighted by atomic mass is 10.1. The fourth-order valence-corrected chi connectivity index (χ4v) is 7.97. The summed E-state index contributed by atoms with van der Waals surface area (Å²) in [6, 6.07) is 0. The van der Waals surface area contributed by atoms with E-state index in [1.54, 1.807) is 0 Å². The number of phosphoric ester groups is 1. The molecular weight excluding hydrogens is 928 g/mol. The van der Waals surface area contributed by atoms with Crippen LogP contribution in [0, 0.1) is 0 Å². The highest BCUT2D eigenvalue weighted by molar-refractivity contribution is 7.47. The maximum atomic E-state index is 12.9. The second-order valence-corrected chi connectivity index (χ2v) is 19.8. The molecule has 11 nitrogen and oxygen atoms in total. The van der Waals surface area contributed by atoms with Gasteiger partial charge in [-0.3, -0.25) is 23.4 Å². The van der Waals surface area contributed by atoms with Crippen LogP contribution in [-0.2, 0) is 42.2 Å². The molecule has 0 saturated carbocycles. The number of hydrogen-bond acceptors (Lipinski definition) is 10. The average Bonchev–Trinajstić information content (AvgIpc) is 3.37. The molecule has 0 aromatic heterocycles. The molecule has 3 unspecified atom stereocenters. The molecule has 0 aliphatic rings. The van der Waals surface area contributed by atoms with Gasteiger partial charge in [0.1, 0.15) is 12.7 Å². The first-order valence-corrected chi connectivity index (χ1v) is 29.6. The van der Waals surface area contributed by atoms with Crippen LogP contribution in [0.2, 0.25) is 0 Å². The van der Waals surface area contributed by atoms with Gasteiger partial charge in [0, 0.05) is 19.3 Å². The van der Waals surface area contributed by atoms with Crippen molar-refractivity contribution in [3.05, 3.63) is 97.2 Å². The molecule has 0 radical (unpaired) electrons. The van der Waals surface area contributed by atoms with E-state index < -0.39 is 57.8 Å². The van der Waals surface area contributed by atoms with Crippen molar-refractivity contribution in [3.8, 4) is 0 Å². The Morgan fingerprint density at radius 3 is 1.24 bits per heavy atom. The number of carbonyl (C=O) groups excluding carboxylic acids is 3. The van der Waals surface area contributed by atoms with Gasteiger partial charge in [0.25, 0.3) is 0 Å². The summed E-state index contributed by atoms with van der Waals surface area (Å²) in [4.78, 5) is 48.5. The molecule has 0 rings (SSSR count). The zero-order valence-electron chi connectivity index (χ0n) is 45.4. The third-order valence-electron chi connectivity index (χ3n) is 11.4. The molecule has 0 heterocycles. The zero-order chi connectivity index (χ0) is 52.7. The number of allylic oxidation sites excluding steroid dienone is 16. The molecule has 0 fully saturated rings. The minimum atomic E-state index is -4.77. The summed E-state index contributed by atoms with van der Waals surface area (Å²) in [5.74, 6) is -1.57. The van der Waals surface area contributed by atoms with Crippen molar-refractivity contribution in [2.75, 3.05) is 26.4 Å². The van der Waals surface area contributed by atoms with Gasteiger partial charge in [0.15, 0.2) is 6.10 Å². The Morgan fingerprint density at radius 2 is 0.764 bits per heavy atom. The van der Waals surface area contributed by atoms with E-state index in [4.69, 9.17) is 23.3 Å². The second-order valence-electron chi connectivity index (χ2n) is 18.4. The van der Waals surface area contributed by atoms with Gasteiger partial charge in [0.2, 0.25) is 0 Å². The second kappa shape index (κ2) is 53.7. The standard InChI is InChI=1S/C60H101O11P/c1-4-7-10-13-16-19-22-25-27-28-30-33-36-39-42-45-48-51-60(64)71-57(53-67-58(62)49-46-43-40-37-34-32-29-26-23-20-17-14-11-8-5-2)55-69-72(65,66)68-54-56(52-61)70-59(63)50-47-44-41-38-35-31-24-21-18-15-12-9-6-3/h7,10,12,15-16,19,21,24-27,29-30,33,39,42,56-57,61H,4-6,8-9,11,13-14,17-18,20,22-23,28,31-32,34-38,40-41,43-55H2,1-3H3,(H,65,66)/b10-7-,15-12-,19-16-,24-21-,27-25-,29-26-,33-30-,42-39-. The molecule has 0 spiro atoms. The Hall–Kier alpha value is -3.60. The van der Waals surface area contributed by atoms with Crippen molar-refractivity contribution in [1.82, 2.24) is 0 Å². The Morgan fingerprint density at radius 1 is 0.403 bits per heavy atom. The van der Waals surface area contributed by atoms with Gasteiger partial charge in [-0.2, -0.15) is 0 Å². The number of hydrogen-bond donors (Lipinski definition) is 2. The van der Waals surface area contributed by atoms with Crippen molar-refractivity contribution in [2.45, 2.75) is 238 Å². The molecule has 0 aromatic carbocycles. The maximum Gasteiger partial charge on any atom is 0.472 e. The van der Waals surface area contributed by atoms with E-state index in [9.17, 15) is 28.9 Å². The van der Waals surface area contributed by atoms with Gasteiger partial charge in [-0.05, 0) is 109 Å². The largest absolute Gasteiger partial charge is 0.472 e. The van der Waals surface area contributed by atoms with Crippen molar-refractivity contribution in [1.29, 1.82) is 0 Å². The first-order chi connectivity index (χ1) is 35.2. The summed E-state index contributed by atoms with van der Waals surface area (Å²) in [7, 11) is -4.77. The number of rotatable bonds is 51. The molecule has 0 amide bonds. The summed E-state index contributed by atoms with van der Waals surface area (Å²) in [5, 5.41) is 9.79. The van der Waals surface area contributed by atoms with Crippen LogP contribution in [0.4, 0.5) is 0 Å². The molecule has 0 bridgehead atoms. The first-order valence-electron chi connectivity index (χ1n) is 28.1. The molecule has 72 heavy (non-hydrogen) atoms. The lowest BCUT2D eigenvalue weighted by Gasteiger charge is -2.21. The lowest BCUT2D eigenvalue weighted by Crippen LogP contribution is -2.30. The fraction of sp³-hybridized carbons (Fsp3) is 0.683. The van der Waals surface area contributed by atoms with Crippen LogP contribution < -0.4 is 0 Å². The third kappa shape index (κ3) is 51.3. The van der Waals surface area contributed by atoms with Crippen LogP contribution >= 0.6 is 7.82 Å². The minimum absolute atomic E-state index is 0.0829. The predicted molar refractivity (Wildman–Crippen MR) is 297 cm³/mol. The van der Waals surface area contributed by atoms with Crippen LogP contribution in [0.25, 0.3) is 0 Å². The molecule has 412 valence electrons. The van der Waals surface area contributed by atoms with E-state index in [0.29, 0.717) is 25.7 Å². The van der Waals surface area contributed by atoms with Crippen molar-refractivity contribution in [3.63, 3.8) is 0 Å². The Labute approximate surface area is 438 Å². The van der Waals surface area contributed by atoms with Crippen molar-refractivity contribution in [2.24, 2.45) is 0 Å². The SMILES string of the molecule is CC/C=C\C/C=C\C/C=C\C/C=C\C/C=C\CCCC(=O)OC(COC(=O)CCCCCCC/C=C\CCCCCCCC)COP(=O)(O)OCC(CO)OC(=O)CCCCCCC/C=C\C/C=C\CCC. The smallest absolute Gasteiger partial charge is 0.462 e. The highest BCUT2D eigenvalue weighted by Crippen LogP contribution is 2.43. The molecule has 0 aromatic rings. The van der Waals surface area contributed by atoms with Gasteiger partial charge in [-0.25, -0.2) is 4.57 Å². The molecule has 2 N–H and O–H groups in total. The summed E-state index contributed by atoms with van der Waals surface area (Å²) in [6.07, 6.45) is 62.3. The number of carbonyl (C=O) groups is 3. The third-order valence-corrected chi connectivity index (χ3v) is 12.4. The predicted octanol–water partition coefficient (Wildman–Crippen LogP) is 16.5. The number of aliphatic hydroxyl groups is 1. The van der Waals surface area contributed by atoms with Gasteiger partial charge in [-0.1, -0.05) is 195 Å². The lowest BCUT2D eigenvalue weighted by molar-refractivity contribution is -0.161. The van der Waals surface area contributed by atoms with Gasteiger partial charge < -0.3 is 24.2 Å². The Balaban J connectivity index is 4.85. The zero-order valence-corrected chi connectivity index (χ0v) is 46.3. The molecule has 0 aliphatic heterocycles. The number of phosphoric acid groups is 1. The normalized spacial score (nSPS) is 14.1. The van der Waals surface area contributed by atoms with Gasteiger partial charge in [0.05, 0.1) is 19.8 Å². The number of unbranched alkanes of at least 4 members (excludes halogenated alkanes) is 18. The quantitative estimate of drug-likeness (QED) is 0.0197. The monoisotopic (exact) mass is 1030 g/mol. The van der Waals surface area contributed by atoms with E-state index in [1.807, 2.05) is 12.2 Å². The fourth-order valence-electron chi connectivity index (χ4n) is 7.19. The van der Waals surface area contributed by atoms with Crippen LogP contribution in [-0.4, -0.2) is 66.5 Å². The minimum Gasteiger partial charge on any atom is -0.462 e. The van der Waals surface area contributed by atoms with Crippen LogP contribution in [0.1, 0.15) is 226 Å². The highest BCUT2D eigenvalue weighted by atomic mass is 31.2. The molecule has 0 aliphatic carbocycles. The van der Waals surface area contributed by atoms with E-state index in [-0.39, 0.29) is 25.9 Å². The molecule has 12 heteroatoms. The number of esters is 3. The Bertz CT molecular complexity index is 1580.